The maximum atomic E-state index is 13.9. The van der Waals surface area contributed by atoms with Crippen molar-refractivity contribution in [2.24, 2.45) is 10.9 Å². The molecule has 3 rings (SSSR count). The third-order valence-corrected chi connectivity index (χ3v) is 6.03. The van der Waals surface area contributed by atoms with E-state index in [9.17, 15) is 4.39 Å². The van der Waals surface area contributed by atoms with Crippen molar-refractivity contribution >= 4 is 29.9 Å². The summed E-state index contributed by atoms with van der Waals surface area (Å²) < 4.78 is 19.2. The van der Waals surface area contributed by atoms with Gasteiger partial charge >= 0.3 is 0 Å². The molecule has 6 heteroatoms. The first-order valence-electron chi connectivity index (χ1n) is 9.87. The normalized spacial score (nSPS) is 22.4. The summed E-state index contributed by atoms with van der Waals surface area (Å²) in [6, 6.07) is 7.18. The largest absolute Gasteiger partial charge is 0.384 e. The topological polar surface area (TPSA) is 36.9 Å². The lowest BCUT2D eigenvalue weighted by Crippen LogP contribution is -2.47. The lowest BCUT2D eigenvalue weighted by Gasteiger charge is -2.39. The van der Waals surface area contributed by atoms with Crippen molar-refractivity contribution in [2.75, 3.05) is 40.4 Å². The first-order valence-corrected chi connectivity index (χ1v) is 9.87. The average molecular weight is 489 g/mol. The molecule has 1 saturated carbocycles. The van der Waals surface area contributed by atoms with Crippen molar-refractivity contribution in [3.63, 3.8) is 0 Å². The second-order valence-electron chi connectivity index (χ2n) is 7.81. The number of nitrogens with one attached hydrogen (secondary N) is 1. The zero-order valence-corrected chi connectivity index (χ0v) is 18.9. The van der Waals surface area contributed by atoms with Gasteiger partial charge in [0.2, 0.25) is 0 Å². The molecule has 1 aliphatic heterocycles. The maximum absolute atomic E-state index is 13.9. The molecular weight excluding hydrogens is 456 g/mol. The van der Waals surface area contributed by atoms with Crippen LogP contribution in [0.2, 0.25) is 0 Å². The smallest absolute Gasteiger partial charge is 0.193 e. The molecule has 0 aromatic heterocycles. The lowest BCUT2D eigenvalue weighted by molar-refractivity contribution is 0.157. The second-order valence-corrected chi connectivity index (χ2v) is 7.81. The molecule has 152 valence electrons. The zero-order chi connectivity index (χ0) is 18.4. The van der Waals surface area contributed by atoms with E-state index in [1.807, 2.05) is 13.1 Å². The number of hydrogen-bond acceptors (Lipinski definition) is 2. The van der Waals surface area contributed by atoms with Gasteiger partial charge in [-0.25, -0.2) is 4.39 Å². The molecule has 1 aliphatic carbocycles. The fourth-order valence-electron chi connectivity index (χ4n) is 4.59. The summed E-state index contributed by atoms with van der Waals surface area (Å²) >= 11 is 0. The Labute approximate surface area is 180 Å². The summed E-state index contributed by atoms with van der Waals surface area (Å²) in [5, 5.41) is 3.62. The van der Waals surface area contributed by atoms with Crippen molar-refractivity contribution < 1.29 is 9.13 Å². The van der Waals surface area contributed by atoms with Gasteiger partial charge in [0.1, 0.15) is 5.82 Å². The highest BCUT2D eigenvalue weighted by Crippen LogP contribution is 2.39. The number of halogens is 2. The van der Waals surface area contributed by atoms with Crippen molar-refractivity contribution in [2.45, 2.75) is 43.9 Å². The van der Waals surface area contributed by atoms with Crippen LogP contribution in [0.25, 0.3) is 0 Å². The van der Waals surface area contributed by atoms with Crippen LogP contribution in [0.5, 0.6) is 0 Å². The molecule has 1 unspecified atom stereocenters. The Bertz CT molecular complexity index is 619. The number of aliphatic imine (C=N–C) groups is 1. The second kappa shape index (κ2) is 10.6. The molecule has 0 spiro atoms. The van der Waals surface area contributed by atoms with Crippen molar-refractivity contribution in [3.05, 3.63) is 35.6 Å². The Morgan fingerprint density at radius 1 is 1.33 bits per heavy atom. The van der Waals surface area contributed by atoms with Gasteiger partial charge in [0.15, 0.2) is 5.96 Å². The van der Waals surface area contributed by atoms with Crippen LogP contribution >= 0.6 is 24.0 Å². The first kappa shape index (κ1) is 22.4. The average Bonchev–Trinajstić information content (AvgIpc) is 3.12. The van der Waals surface area contributed by atoms with Gasteiger partial charge in [0.05, 0.1) is 6.61 Å². The van der Waals surface area contributed by atoms with E-state index in [0.717, 1.165) is 57.0 Å². The number of nitrogens with zero attached hydrogens (tertiary/aromatic N) is 2. The van der Waals surface area contributed by atoms with E-state index < -0.39 is 0 Å². The SMILES string of the molecule is CN=C(NCC1(c2cccc(F)c2)CCCCC1)N1CCC(COC)C1.I. The third-order valence-electron chi connectivity index (χ3n) is 6.03. The molecule has 1 saturated heterocycles. The van der Waals surface area contributed by atoms with Crippen molar-refractivity contribution in [1.29, 1.82) is 0 Å². The Morgan fingerprint density at radius 3 is 2.78 bits per heavy atom. The van der Waals surface area contributed by atoms with E-state index in [4.69, 9.17) is 4.74 Å². The van der Waals surface area contributed by atoms with Crippen LogP contribution in [0, 0.1) is 11.7 Å². The van der Waals surface area contributed by atoms with Gasteiger partial charge in [-0.05, 0) is 37.0 Å². The number of guanidine groups is 1. The quantitative estimate of drug-likeness (QED) is 0.383. The summed E-state index contributed by atoms with van der Waals surface area (Å²) in [5.41, 5.74) is 1.13. The minimum Gasteiger partial charge on any atom is -0.384 e. The summed E-state index contributed by atoms with van der Waals surface area (Å²) in [4.78, 5) is 6.83. The molecule has 1 aromatic rings. The summed E-state index contributed by atoms with van der Waals surface area (Å²) in [6.45, 7) is 3.62. The van der Waals surface area contributed by atoms with E-state index >= 15 is 0 Å². The van der Waals surface area contributed by atoms with Gasteiger partial charge in [-0.2, -0.15) is 0 Å². The minimum absolute atomic E-state index is 0. The van der Waals surface area contributed by atoms with Crippen LogP contribution in [0.3, 0.4) is 0 Å². The van der Waals surface area contributed by atoms with Crippen molar-refractivity contribution in [1.82, 2.24) is 10.2 Å². The van der Waals surface area contributed by atoms with Gasteiger partial charge in [-0.15, -0.1) is 24.0 Å². The Balaban J connectivity index is 0.00000261. The molecular formula is C21H33FIN3O. The van der Waals surface area contributed by atoms with Gasteiger partial charge < -0.3 is 15.0 Å². The monoisotopic (exact) mass is 489 g/mol. The Hall–Kier alpha value is -0.890. The Morgan fingerprint density at radius 2 is 2.11 bits per heavy atom. The number of ether oxygens (including phenoxy) is 1. The number of hydrogen-bond donors (Lipinski definition) is 1. The van der Waals surface area contributed by atoms with Gasteiger partial charge in [0.25, 0.3) is 0 Å². The molecule has 4 nitrogen and oxygen atoms in total. The van der Waals surface area contributed by atoms with Crippen LogP contribution in [0.4, 0.5) is 4.39 Å². The molecule has 0 amide bonds. The highest BCUT2D eigenvalue weighted by atomic mass is 127. The predicted molar refractivity (Wildman–Crippen MR) is 119 cm³/mol. The number of likely N-dealkylation sites (tertiary alicyclic amines) is 1. The summed E-state index contributed by atoms with van der Waals surface area (Å²) in [7, 11) is 3.61. The van der Waals surface area contributed by atoms with E-state index in [-0.39, 0.29) is 35.2 Å². The highest BCUT2D eigenvalue weighted by Gasteiger charge is 2.35. The standard InChI is InChI=1S/C21H32FN3O.HI/c1-23-20(25-12-9-17(14-25)15-26-2)24-16-21(10-4-3-5-11-21)18-7-6-8-19(22)13-18;/h6-8,13,17H,3-5,9-12,14-16H2,1-2H3,(H,23,24);1H. The molecule has 1 N–H and O–H groups in total. The highest BCUT2D eigenvalue weighted by molar-refractivity contribution is 14.0. The molecule has 0 bridgehead atoms. The minimum atomic E-state index is -0.140. The molecule has 1 heterocycles. The third kappa shape index (κ3) is 5.56. The molecule has 2 aliphatic rings. The lowest BCUT2D eigenvalue weighted by atomic mass is 9.69. The molecule has 2 fully saturated rings. The zero-order valence-electron chi connectivity index (χ0n) is 16.5. The molecule has 1 atom stereocenters. The number of benzene rings is 1. The van der Waals surface area contributed by atoms with Crippen molar-refractivity contribution in [3.8, 4) is 0 Å². The summed E-state index contributed by atoms with van der Waals surface area (Å²) in [6.07, 6.45) is 7.03. The Kier molecular flexibility index (Phi) is 8.79. The molecule has 27 heavy (non-hydrogen) atoms. The fourth-order valence-corrected chi connectivity index (χ4v) is 4.59. The first-order chi connectivity index (χ1) is 12.7. The van der Waals surface area contributed by atoms with Crippen LogP contribution in [-0.2, 0) is 10.2 Å². The van der Waals surface area contributed by atoms with Crippen LogP contribution in [0.15, 0.2) is 29.3 Å². The van der Waals surface area contributed by atoms with Gasteiger partial charge in [-0.1, -0.05) is 31.4 Å². The summed E-state index contributed by atoms with van der Waals surface area (Å²) in [5.74, 6) is 1.40. The molecule has 0 radical (unpaired) electrons. The van der Waals surface area contributed by atoms with Gasteiger partial charge in [0, 0.05) is 45.1 Å². The van der Waals surface area contributed by atoms with E-state index in [1.165, 1.54) is 25.3 Å². The fraction of sp³-hybridized carbons (Fsp3) is 0.667. The molecule has 1 aromatic carbocycles. The van der Waals surface area contributed by atoms with E-state index in [2.05, 4.69) is 21.3 Å². The number of methoxy groups -OCH3 is 1. The van der Waals surface area contributed by atoms with Crippen LogP contribution < -0.4 is 5.32 Å². The van der Waals surface area contributed by atoms with Crippen LogP contribution in [-0.4, -0.2) is 51.3 Å². The van der Waals surface area contributed by atoms with E-state index in [0.29, 0.717) is 5.92 Å². The van der Waals surface area contributed by atoms with Crippen LogP contribution in [0.1, 0.15) is 44.1 Å². The predicted octanol–water partition coefficient (Wildman–Crippen LogP) is 4.19. The van der Waals surface area contributed by atoms with E-state index in [1.54, 1.807) is 13.2 Å². The van der Waals surface area contributed by atoms with Gasteiger partial charge in [-0.3, -0.25) is 4.99 Å². The maximum Gasteiger partial charge on any atom is 0.193 e. The number of rotatable bonds is 5.